The molecular formula is C19H23N3O3. The molecule has 0 aromatic heterocycles. The minimum absolute atomic E-state index is 0.00381. The quantitative estimate of drug-likeness (QED) is 0.724. The van der Waals surface area contributed by atoms with Gasteiger partial charge in [-0.15, -0.1) is 0 Å². The Hall–Kier alpha value is -2.86. The molecule has 3 amide bonds. The molecule has 6 nitrogen and oxygen atoms in total. The Morgan fingerprint density at radius 2 is 1.60 bits per heavy atom. The maximum Gasteiger partial charge on any atom is 0.315 e. The summed E-state index contributed by atoms with van der Waals surface area (Å²) in [4.78, 5) is 23.4. The Labute approximate surface area is 147 Å². The fourth-order valence-corrected chi connectivity index (χ4v) is 2.34. The van der Waals surface area contributed by atoms with Gasteiger partial charge in [-0.2, -0.15) is 0 Å². The van der Waals surface area contributed by atoms with Crippen molar-refractivity contribution in [2.45, 2.75) is 20.0 Å². The van der Waals surface area contributed by atoms with Gasteiger partial charge in [0.2, 0.25) is 5.91 Å². The zero-order valence-corrected chi connectivity index (χ0v) is 14.5. The van der Waals surface area contributed by atoms with Gasteiger partial charge in [0.1, 0.15) is 6.61 Å². The molecule has 0 unspecified atom stereocenters. The van der Waals surface area contributed by atoms with E-state index in [4.69, 9.17) is 4.74 Å². The van der Waals surface area contributed by atoms with E-state index >= 15 is 0 Å². The monoisotopic (exact) mass is 341 g/mol. The molecule has 25 heavy (non-hydrogen) atoms. The number of hydrogen-bond donors (Lipinski definition) is 3. The van der Waals surface area contributed by atoms with Crippen LogP contribution in [0.2, 0.25) is 0 Å². The number of methoxy groups -OCH3 is 1. The van der Waals surface area contributed by atoms with Gasteiger partial charge in [-0.3, -0.25) is 4.79 Å². The third kappa shape index (κ3) is 6.64. The summed E-state index contributed by atoms with van der Waals surface area (Å²) in [5.74, 6) is -0.219. The molecule has 6 heteroatoms. The van der Waals surface area contributed by atoms with E-state index in [9.17, 15) is 9.59 Å². The zero-order chi connectivity index (χ0) is 18.1. The Morgan fingerprint density at radius 1 is 0.960 bits per heavy atom. The lowest BCUT2D eigenvalue weighted by Crippen LogP contribution is -2.34. The van der Waals surface area contributed by atoms with Crippen LogP contribution in [0.25, 0.3) is 0 Å². The van der Waals surface area contributed by atoms with E-state index in [1.807, 2.05) is 49.4 Å². The number of amides is 3. The van der Waals surface area contributed by atoms with E-state index < -0.39 is 0 Å². The summed E-state index contributed by atoms with van der Waals surface area (Å²) in [5.41, 5.74) is 3.77. The summed E-state index contributed by atoms with van der Waals surface area (Å²) in [6.45, 7) is 2.86. The fraction of sp³-hybridized carbons (Fsp3) is 0.263. The first-order chi connectivity index (χ1) is 12.1. The van der Waals surface area contributed by atoms with Crippen LogP contribution in [-0.2, 0) is 22.6 Å². The van der Waals surface area contributed by atoms with Gasteiger partial charge >= 0.3 is 6.03 Å². The summed E-state index contributed by atoms with van der Waals surface area (Å²) >= 11 is 0. The van der Waals surface area contributed by atoms with E-state index in [1.54, 1.807) is 6.07 Å². The van der Waals surface area contributed by atoms with Crippen LogP contribution in [0.3, 0.4) is 0 Å². The first-order valence-electron chi connectivity index (χ1n) is 8.02. The van der Waals surface area contributed by atoms with E-state index in [1.165, 1.54) is 7.11 Å². The van der Waals surface area contributed by atoms with Crippen LogP contribution in [0.15, 0.2) is 48.5 Å². The predicted molar refractivity (Wildman–Crippen MR) is 97.2 cm³/mol. The predicted octanol–water partition coefficient (Wildman–Crippen LogP) is 2.58. The average molecular weight is 341 g/mol. The number of ether oxygens (including phenoxy) is 1. The molecule has 0 saturated heterocycles. The van der Waals surface area contributed by atoms with Gasteiger partial charge in [0, 0.05) is 25.9 Å². The Bertz CT molecular complexity index is 731. The molecule has 3 N–H and O–H groups in total. The molecule has 0 heterocycles. The van der Waals surface area contributed by atoms with E-state index in [-0.39, 0.29) is 18.5 Å². The first kappa shape index (κ1) is 18.5. The summed E-state index contributed by atoms with van der Waals surface area (Å²) in [6.07, 6.45) is 0. The van der Waals surface area contributed by atoms with Crippen LogP contribution in [0.5, 0.6) is 0 Å². The smallest absolute Gasteiger partial charge is 0.315 e. The highest BCUT2D eigenvalue weighted by Gasteiger charge is 2.04. The summed E-state index contributed by atoms with van der Waals surface area (Å²) in [6, 6.07) is 15.1. The maximum absolute atomic E-state index is 11.9. The van der Waals surface area contributed by atoms with Gasteiger partial charge in [0.05, 0.1) is 0 Å². The van der Waals surface area contributed by atoms with Crippen LogP contribution in [0.1, 0.15) is 16.7 Å². The molecule has 0 atom stereocenters. The van der Waals surface area contributed by atoms with Gasteiger partial charge in [-0.25, -0.2) is 4.79 Å². The number of carbonyl (C=O) groups is 2. The van der Waals surface area contributed by atoms with Crippen LogP contribution in [0.4, 0.5) is 10.5 Å². The normalized spacial score (nSPS) is 10.2. The second-order valence-electron chi connectivity index (χ2n) is 5.71. The van der Waals surface area contributed by atoms with E-state index in [0.29, 0.717) is 18.8 Å². The minimum Gasteiger partial charge on any atom is -0.375 e. The van der Waals surface area contributed by atoms with Gasteiger partial charge in [-0.05, 0) is 30.2 Å². The molecule has 2 aromatic rings. The molecule has 2 aromatic carbocycles. The van der Waals surface area contributed by atoms with Crippen LogP contribution in [-0.4, -0.2) is 25.7 Å². The number of hydrogen-bond acceptors (Lipinski definition) is 3. The highest BCUT2D eigenvalue weighted by Crippen LogP contribution is 2.10. The minimum atomic E-state index is -0.240. The van der Waals surface area contributed by atoms with Gasteiger partial charge in [0.15, 0.2) is 0 Å². The molecule has 0 radical (unpaired) electrons. The molecule has 0 fully saturated rings. The lowest BCUT2D eigenvalue weighted by molar-refractivity contribution is -0.119. The van der Waals surface area contributed by atoms with Gasteiger partial charge < -0.3 is 20.7 Å². The molecule has 0 aliphatic rings. The number of aryl methyl sites for hydroxylation is 1. The molecule has 0 saturated carbocycles. The zero-order valence-electron chi connectivity index (χ0n) is 14.5. The molecule has 0 bridgehead atoms. The van der Waals surface area contributed by atoms with Crippen LogP contribution >= 0.6 is 0 Å². The van der Waals surface area contributed by atoms with Gasteiger partial charge in [0.25, 0.3) is 0 Å². The summed E-state index contributed by atoms with van der Waals surface area (Å²) < 4.78 is 4.78. The second kappa shape index (κ2) is 9.44. The van der Waals surface area contributed by atoms with Crippen molar-refractivity contribution in [1.82, 2.24) is 10.6 Å². The molecule has 0 spiro atoms. The van der Waals surface area contributed by atoms with Crippen LogP contribution < -0.4 is 16.0 Å². The molecule has 132 valence electrons. The molecule has 0 aliphatic carbocycles. The standard InChI is InChI=1S/C19H23N3O3/c1-14-5-3-6-15(9-14)11-20-19(24)21-12-16-7-4-8-17(10-16)22-18(23)13-25-2/h3-10H,11-13H2,1-2H3,(H,22,23)(H2,20,21,24). The Morgan fingerprint density at radius 3 is 2.24 bits per heavy atom. The second-order valence-corrected chi connectivity index (χ2v) is 5.71. The summed E-state index contributed by atoms with van der Waals surface area (Å²) in [5, 5.41) is 8.36. The maximum atomic E-state index is 11.9. The fourth-order valence-electron chi connectivity index (χ4n) is 2.34. The molecule has 0 aliphatic heterocycles. The van der Waals surface area contributed by atoms with Crippen molar-refractivity contribution in [3.63, 3.8) is 0 Å². The third-order valence-electron chi connectivity index (χ3n) is 3.47. The van der Waals surface area contributed by atoms with Crippen molar-refractivity contribution in [1.29, 1.82) is 0 Å². The highest BCUT2D eigenvalue weighted by atomic mass is 16.5. The van der Waals surface area contributed by atoms with Crippen molar-refractivity contribution in [2.24, 2.45) is 0 Å². The topological polar surface area (TPSA) is 79.5 Å². The molecular weight excluding hydrogens is 318 g/mol. The lowest BCUT2D eigenvalue weighted by Gasteiger charge is -2.10. The number of carbonyl (C=O) groups excluding carboxylic acids is 2. The number of nitrogens with one attached hydrogen (secondary N) is 3. The van der Waals surface area contributed by atoms with E-state index in [2.05, 4.69) is 16.0 Å². The third-order valence-corrected chi connectivity index (χ3v) is 3.47. The Kier molecular flexibility index (Phi) is 6.98. The summed E-state index contributed by atoms with van der Waals surface area (Å²) in [7, 11) is 1.47. The highest BCUT2D eigenvalue weighted by molar-refractivity contribution is 5.91. The number of urea groups is 1. The van der Waals surface area contributed by atoms with Crippen molar-refractivity contribution in [3.8, 4) is 0 Å². The van der Waals surface area contributed by atoms with Crippen molar-refractivity contribution < 1.29 is 14.3 Å². The lowest BCUT2D eigenvalue weighted by atomic mass is 10.1. The average Bonchev–Trinajstić information content (AvgIpc) is 2.59. The van der Waals surface area contributed by atoms with Crippen molar-refractivity contribution in [2.75, 3.05) is 19.0 Å². The van der Waals surface area contributed by atoms with Crippen molar-refractivity contribution in [3.05, 3.63) is 65.2 Å². The SMILES string of the molecule is COCC(=O)Nc1cccc(CNC(=O)NCc2cccc(C)c2)c1. The number of anilines is 1. The van der Waals surface area contributed by atoms with Gasteiger partial charge in [-0.1, -0.05) is 42.0 Å². The van der Waals surface area contributed by atoms with Crippen molar-refractivity contribution >= 4 is 17.6 Å². The van der Waals surface area contributed by atoms with Crippen LogP contribution in [0, 0.1) is 6.92 Å². The first-order valence-corrected chi connectivity index (χ1v) is 8.02. The number of benzene rings is 2. The van der Waals surface area contributed by atoms with E-state index in [0.717, 1.165) is 16.7 Å². The number of rotatable bonds is 7. The largest absolute Gasteiger partial charge is 0.375 e. The molecule has 2 rings (SSSR count). The Balaban J connectivity index is 1.80.